The maximum Gasteiger partial charge on any atom is 0.271 e. The van der Waals surface area contributed by atoms with Crippen LogP contribution in [0.3, 0.4) is 0 Å². The number of rotatable bonds is 3. The molecule has 1 aromatic heterocycles. The van der Waals surface area contributed by atoms with E-state index in [0.717, 1.165) is 12.0 Å². The smallest absolute Gasteiger partial charge is 0.271 e. The number of ether oxygens (including phenoxy) is 1. The summed E-state index contributed by atoms with van der Waals surface area (Å²) in [6.45, 7) is 0.612. The Kier molecular flexibility index (Phi) is 3.83. The van der Waals surface area contributed by atoms with Crippen molar-refractivity contribution in [3.05, 3.63) is 64.1 Å². The summed E-state index contributed by atoms with van der Waals surface area (Å²) >= 11 is 0. The fourth-order valence-electron chi connectivity index (χ4n) is 2.54. The maximum absolute atomic E-state index is 12.1. The molecule has 0 saturated carbocycles. The van der Waals surface area contributed by atoms with E-state index in [1.54, 1.807) is 12.1 Å². The monoisotopic (exact) mass is 284 g/mol. The first kappa shape index (κ1) is 13.6. The molecule has 5 nitrogen and oxygen atoms in total. The first-order valence-corrected chi connectivity index (χ1v) is 6.91. The highest BCUT2D eigenvalue weighted by Crippen LogP contribution is 2.29. The quantitative estimate of drug-likeness (QED) is 0.905. The summed E-state index contributed by atoms with van der Waals surface area (Å²) in [5, 5.41) is 2.63. The van der Waals surface area contributed by atoms with Crippen LogP contribution in [-0.2, 0) is 16.0 Å². The first-order chi connectivity index (χ1) is 10.2. The minimum atomic E-state index is -0.309. The van der Waals surface area contributed by atoms with Gasteiger partial charge < -0.3 is 15.0 Å². The molecule has 1 aliphatic heterocycles. The maximum atomic E-state index is 12.1. The van der Waals surface area contributed by atoms with Gasteiger partial charge in [-0.05, 0) is 29.7 Å². The molecule has 0 saturated heterocycles. The van der Waals surface area contributed by atoms with Crippen LogP contribution in [0.5, 0.6) is 0 Å². The van der Waals surface area contributed by atoms with Crippen LogP contribution in [0.15, 0.2) is 47.4 Å². The van der Waals surface area contributed by atoms with E-state index in [2.05, 4.69) is 16.4 Å². The molecule has 0 aliphatic carbocycles. The summed E-state index contributed by atoms with van der Waals surface area (Å²) < 4.78 is 5.70. The standard InChI is InChI=1S/C16H16N2O3/c19-15(18-13-6-3-8-17-16(13)20)10-14-12-5-2-1-4-11(12)7-9-21-14/h1-6,8,14H,7,9-10H2,(H,17,20)(H,18,19)/t14-/m1/s1. The summed E-state index contributed by atoms with van der Waals surface area (Å²) in [7, 11) is 0. The normalized spacial score (nSPS) is 17.0. The molecular weight excluding hydrogens is 268 g/mol. The van der Waals surface area contributed by atoms with Crippen LogP contribution in [0, 0.1) is 0 Å². The zero-order valence-corrected chi connectivity index (χ0v) is 11.5. The van der Waals surface area contributed by atoms with Crippen molar-refractivity contribution in [2.24, 2.45) is 0 Å². The van der Waals surface area contributed by atoms with Gasteiger partial charge in [0.25, 0.3) is 5.56 Å². The lowest BCUT2D eigenvalue weighted by atomic mass is 9.95. The average molecular weight is 284 g/mol. The van der Waals surface area contributed by atoms with E-state index in [1.165, 1.54) is 11.8 Å². The Morgan fingerprint density at radius 1 is 1.29 bits per heavy atom. The highest BCUT2D eigenvalue weighted by molar-refractivity contribution is 5.90. The van der Waals surface area contributed by atoms with Gasteiger partial charge in [0.15, 0.2) is 0 Å². The molecule has 21 heavy (non-hydrogen) atoms. The van der Waals surface area contributed by atoms with Crippen LogP contribution in [-0.4, -0.2) is 17.5 Å². The third-order valence-corrected chi connectivity index (χ3v) is 3.56. The van der Waals surface area contributed by atoms with E-state index in [9.17, 15) is 9.59 Å². The third kappa shape index (κ3) is 3.03. The summed E-state index contributed by atoms with van der Waals surface area (Å²) in [4.78, 5) is 26.2. The molecule has 2 heterocycles. The van der Waals surface area contributed by atoms with Crippen LogP contribution >= 0.6 is 0 Å². The number of pyridine rings is 1. The number of aromatic amines is 1. The van der Waals surface area contributed by atoms with Crippen molar-refractivity contribution >= 4 is 11.6 Å². The summed E-state index contributed by atoms with van der Waals surface area (Å²) in [6, 6.07) is 11.2. The third-order valence-electron chi connectivity index (χ3n) is 3.56. The number of H-pyrrole nitrogens is 1. The molecule has 0 spiro atoms. The van der Waals surface area contributed by atoms with Gasteiger partial charge in [0.05, 0.1) is 19.1 Å². The number of hydrogen-bond acceptors (Lipinski definition) is 3. The Labute approximate surface area is 122 Å². The van der Waals surface area contributed by atoms with E-state index >= 15 is 0 Å². The molecule has 1 aliphatic rings. The molecule has 2 N–H and O–H groups in total. The minimum absolute atomic E-state index is 0.200. The Morgan fingerprint density at radius 2 is 2.14 bits per heavy atom. The number of amides is 1. The largest absolute Gasteiger partial charge is 0.373 e. The molecule has 0 unspecified atom stereocenters. The average Bonchev–Trinajstić information content (AvgIpc) is 2.50. The van der Waals surface area contributed by atoms with Gasteiger partial charge >= 0.3 is 0 Å². The fraction of sp³-hybridized carbons (Fsp3) is 0.250. The van der Waals surface area contributed by atoms with Crippen molar-refractivity contribution in [2.45, 2.75) is 18.9 Å². The number of hydrogen-bond donors (Lipinski definition) is 2. The van der Waals surface area contributed by atoms with E-state index in [1.807, 2.05) is 18.2 Å². The Bertz CT molecular complexity index is 708. The predicted octanol–water partition coefficient (Wildman–Crippen LogP) is 2.02. The van der Waals surface area contributed by atoms with Crippen LogP contribution < -0.4 is 10.9 Å². The van der Waals surface area contributed by atoms with E-state index < -0.39 is 0 Å². The summed E-state index contributed by atoms with van der Waals surface area (Å²) in [5.41, 5.74) is 2.22. The lowest BCUT2D eigenvalue weighted by Gasteiger charge is -2.25. The molecule has 3 rings (SSSR count). The Balaban J connectivity index is 1.72. The zero-order chi connectivity index (χ0) is 14.7. The van der Waals surface area contributed by atoms with Gasteiger partial charge in [-0.1, -0.05) is 24.3 Å². The van der Waals surface area contributed by atoms with Crippen molar-refractivity contribution < 1.29 is 9.53 Å². The van der Waals surface area contributed by atoms with Gasteiger partial charge in [-0.2, -0.15) is 0 Å². The number of benzene rings is 1. The van der Waals surface area contributed by atoms with Crippen LogP contribution in [0.25, 0.3) is 0 Å². The van der Waals surface area contributed by atoms with Gasteiger partial charge in [-0.25, -0.2) is 0 Å². The fourth-order valence-corrected chi connectivity index (χ4v) is 2.54. The van der Waals surface area contributed by atoms with Crippen molar-refractivity contribution in [1.29, 1.82) is 0 Å². The van der Waals surface area contributed by atoms with Crippen molar-refractivity contribution in [3.8, 4) is 0 Å². The summed E-state index contributed by atoms with van der Waals surface area (Å²) in [6.07, 6.45) is 2.34. The number of nitrogens with one attached hydrogen (secondary N) is 2. The van der Waals surface area contributed by atoms with Crippen LogP contribution in [0.4, 0.5) is 5.69 Å². The van der Waals surface area contributed by atoms with Gasteiger partial charge in [-0.15, -0.1) is 0 Å². The van der Waals surface area contributed by atoms with Gasteiger partial charge in [0.2, 0.25) is 5.91 Å². The topological polar surface area (TPSA) is 71.2 Å². The highest BCUT2D eigenvalue weighted by Gasteiger charge is 2.23. The number of aromatic nitrogens is 1. The highest BCUT2D eigenvalue weighted by atomic mass is 16.5. The second-order valence-corrected chi connectivity index (χ2v) is 4.97. The van der Waals surface area contributed by atoms with Crippen molar-refractivity contribution in [3.63, 3.8) is 0 Å². The van der Waals surface area contributed by atoms with E-state index in [4.69, 9.17) is 4.74 Å². The second-order valence-electron chi connectivity index (χ2n) is 4.97. The molecule has 108 valence electrons. The predicted molar refractivity (Wildman–Crippen MR) is 79.1 cm³/mol. The molecule has 0 fully saturated rings. The van der Waals surface area contributed by atoms with Crippen molar-refractivity contribution in [1.82, 2.24) is 4.98 Å². The van der Waals surface area contributed by atoms with Crippen LogP contribution in [0.1, 0.15) is 23.7 Å². The molecule has 0 bridgehead atoms. The number of fused-ring (bicyclic) bond motifs is 1. The SMILES string of the molecule is O=C(C[C@H]1OCCc2ccccc21)Nc1ccc[nH]c1=O. The molecule has 0 radical (unpaired) electrons. The molecule has 1 atom stereocenters. The second kappa shape index (κ2) is 5.93. The van der Waals surface area contributed by atoms with Gasteiger partial charge in [0, 0.05) is 6.20 Å². The molecule has 5 heteroatoms. The number of carbonyl (C=O) groups excluding carboxylic acids is 1. The number of carbonyl (C=O) groups is 1. The van der Waals surface area contributed by atoms with E-state index in [-0.39, 0.29) is 29.7 Å². The Morgan fingerprint density at radius 3 is 3.00 bits per heavy atom. The Hall–Kier alpha value is -2.40. The molecule has 1 amide bonds. The number of anilines is 1. The van der Waals surface area contributed by atoms with Gasteiger partial charge in [-0.3, -0.25) is 9.59 Å². The zero-order valence-electron chi connectivity index (χ0n) is 11.5. The first-order valence-electron chi connectivity index (χ1n) is 6.91. The lowest BCUT2D eigenvalue weighted by Crippen LogP contribution is -2.24. The molecule has 1 aromatic carbocycles. The minimum Gasteiger partial charge on any atom is -0.373 e. The summed E-state index contributed by atoms with van der Waals surface area (Å²) in [5.74, 6) is -0.228. The molecular formula is C16H16N2O3. The lowest BCUT2D eigenvalue weighted by molar-refractivity contribution is -0.119. The van der Waals surface area contributed by atoms with E-state index in [0.29, 0.717) is 6.61 Å². The molecule has 2 aromatic rings. The van der Waals surface area contributed by atoms with Gasteiger partial charge in [0.1, 0.15) is 5.69 Å². The van der Waals surface area contributed by atoms with Crippen LogP contribution in [0.2, 0.25) is 0 Å². The van der Waals surface area contributed by atoms with Crippen molar-refractivity contribution in [2.75, 3.05) is 11.9 Å².